The summed E-state index contributed by atoms with van der Waals surface area (Å²) in [5, 5.41) is 9.84. The predicted octanol–water partition coefficient (Wildman–Crippen LogP) is 2.63. The average molecular weight is 231 g/mol. The number of rotatable bonds is 3. The summed E-state index contributed by atoms with van der Waals surface area (Å²) in [6.07, 6.45) is 0. The summed E-state index contributed by atoms with van der Waals surface area (Å²) in [7, 11) is -2.60. The lowest BCUT2D eigenvalue weighted by Gasteiger charge is -2.06. The van der Waals surface area contributed by atoms with Gasteiger partial charge < -0.3 is 9.84 Å². The molecule has 0 aliphatic carbocycles. The first kappa shape index (κ1) is 7.90. The quantitative estimate of drug-likeness (QED) is 0.826. The Kier molecular flexibility index (Phi) is 2.18. The van der Waals surface area contributed by atoms with Gasteiger partial charge in [-0.3, -0.25) is 4.79 Å². The van der Waals surface area contributed by atoms with E-state index >= 15 is 0 Å². The van der Waals surface area contributed by atoms with Crippen LogP contribution in [0, 0.1) is 0 Å². The molecule has 2 aromatic rings. The number of phenols is 1. The molecule has 0 radical (unpaired) electrons. The highest BCUT2D eigenvalue weighted by Gasteiger charge is 2.13. The number of phenolic OH excluding ortho intramolecular Hbond substituents is 1. The summed E-state index contributed by atoms with van der Waals surface area (Å²) in [5.41, 5.74) is 0.529. The average Bonchev–Trinajstić information content (AvgIpc) is 2.37. The van der Waals surface area contributed by atoms with E-state index in [0.29, 0.717) is 5.56 Å². The summed E-state index contributed by atoms with van der Waals surface area (Å²) in [6, 6.07) is 12.3. The Bertz CT molecular complexity index is 621. The van der Waals surface area contributed by atoms with E-state index in [1.165, 1.54) is 12.1 Å². The van der Waals surface area contributed by atoms with Gasteiger partial charge >= 0.3 is 0 Å². The molecule has 1 N–H and O–H groups in total. The Hall–Kier alpha value is -2.29. The van der Waals surface area contributed by atoms with E-state index in [-0.39, 0.29) is 22.8 Å². The van der Waals surface area contributed by atoms with Crippen molar-refractivity contribution in [3.63, 3.8) is 0 Å². The smallest absolute Gasteiger partial charge is 0.196 e. The minimum Gasteiger partial charge on any atom is -0.507 e. The second-order valence-corrected chi connectivity index (χ2v) is 3.48. The van der Waals surface area contributed by atoms with Crippen LogP contribution in [0.4, 0.5) is 0 Å². The summed E-state index contributed by atoms with van der Waals surface area (Å²) in [5.74, 6) is -0.684. The number of aromatic hydroxyl groups is 1. The van der Waals surface area contributed by atoms with E-state index in [9.17, 15) is 9.90 Å². The van der Waals surface area contributed by atoms with Crippen LogP contribution in [0.2, 0.25) is 0 Å². The van der Waals surface area contributed by atoms with Crippen LogP contribution in [0.25, 0.3) is 0 Å². The lowest BCUT2D eigenvalue weighted by Crippen LogP contribution is -2.01. The van der Waals surface area contributed by atoms with E-state index in [1.807, 2.05) is 0 Å². The third kappa shape index (κ3) is 2.28. The summed E-state index contributed by atoms with van der Waals surface area (Å²) in [6.45, 7) is 0. The van der Waals surface area contributed by atoms with Gasteiger partial charge in [0.05, 0.1) is 16.7 Å². The van der Waals surface area contributed by atoms with Crippen LogP contribution in [0.5, 0.6) is 11.5 Å². The van der Waals surface area contributed by atoms with Crippen LogP contribution >= 0.6 is 0 Å². The fourth-order valence-corrected chi connectivity index (χ4v) is 1.51. The molecule has 0 spiro atoms. The molecule has 0 atom stereocenters. The lowest BCUT2D eigenvalue weighted by molar-refractivity contribution is 0.103. The molecule has 0 bridgehead atoms. The Morgan fingerprint density at radius 1 is 1.24 bits per heavy atom. The molecule has 0 saturated heterocycles. The lowest BCUT2D eigenvalue weighted by atomic mass is 10.0. The van der Waals surface area contributed by atoms with Crippen LogP contribution in [-0.2, 0) is 0 Å². The van der Waals surface area contributed by atoms with Crippen molar-refractivity contribution in [3.8, 4) is 11.5 Å². The number of ketones is 1. The van der Waals surface area contributed by atoms with Gasteiger partial charge in [-0.15, -0.1) is 0 Å². The highest BCUT2D eigenvalue weighted by Crippen LogP contribution is 2.25. The van der Waals surface area contributed by atoms with Gasteiger partial charge in [0.15, 0.2) is 5.78 Å². The van der Waals surface area contributed by atoms with E-state index in [2.05, 4.69) is 4.74 Å². The molecule has 0 amide bonds. The number of carbonyl (C=O) groups is 1. The van der Waals surface area contributed by atoms with Crippen molar-refractivity contribution in [2.45, 2.75) is 0 Å². The third-order valence-corrected chi connectivity index (χ3v) is 2.37. The highest BCUT2D eigenvalue weighted by atomic mass is 16.5. The van der Waals surface area contributed by atoms with Crippen LogP contribution in [0.15, 0.2) is 48.5 Å². The molecule has 3 nitrogen and oxygen atoms in total. The van der Waals surface area contributed by atoms with E-state index in [0.717, 1.165) is 6.07 Å². The van der Waals surface area contributed by atoms with E-state index < -0.39 is 7.04 Å². The zero-order chi connectivity index (χ0) is 14.8. The Labute approximate surface area is 104 Å². The van der Waals surface area contributed by atoms with Crippen LogP contribution < -0.4 is 4.74 Å². The maximum absolute atomic E-state index is 12.2. The van der Waals surface area contributed by atoms with Crippen LogP contribution in [0.1, 0.15) is 20.0 Å². The van der Waals surface area contributed by atoms with Crippen molar-refractivity contribution < 1.29 is 18.8 Å². The number of ether oxygens (including phenoxy) is 1. The molecular formula is C14H12O3. The number of methoxy groups -OCH3 is 1. The standard InChI is InChI=1S/C14H12O3/c1-17-11-7-8-12(13(15)9-11)14(16)10-5-3-2-4-6-10/h2-9,15H,1H3/i1D3. The molecule has 3 heteroatoms. The van der Waals surface area contributed by atoms with Crippen molar-refractivity contribution >= 4 is 5.78 Å². The van der Waals surface area contributed by atoms with E-state index in [4.69, 9.17) is 4.11 Å². The Morgan fingerprint density at radius 2 is 2.00 bits per heavy atom. The molecule has 0 saturated carbocycles. The van der Waals surface area contributed by atoms with Gasteiger partial charge in [-0.1, -0.05) is 30.3 Å². The number of benzene rings is 2. The molecule has 0 heterocycles. The van der Waals surface area contributed by atoms with Crippen molar-refractivity contribution in [2.24, 2.45) is 0 Å². The van der Waals surface area contributed by atoms with Gasteiger partial charge in [0, 0.05) is 11.6 Å². The van der Waals surface area contributed by atoms with Crippen LogP contribution in [-0.4, -0.2) is 17.9 Å². The molecule has 86 valence electrons. The predicted molar refractivity (Wildman–Crippen MR) is 64.5 cm³/mol. The zero-order valence-corrected chi connectivity index (χ0v) is 8.88. The molecule has 0 aliphatic rings. The van der Waals surface area contributed by atoms with Gasteiger partial charge in [-0.2, -0.15) is 0 Å². The monoisotopic (exact) mass is 231 g/mol. The summed E-state index contributed by atoms with van der Waals surface area (Å²) in [4.78, 5) is 12.2. The summed E-state index contributed by atoms with van der Waals surface area (Å²) < 4.78 is 25.6. The number of hydrogen-bond acceptors (Lipinski definition) is 3. The van der Waals surface area contributed by atoms with Crippen molar-refractivity contribution in [2.75, 3.05) is 7.04 Å². The van der Waals surface area contributed by atoms with Gasteiger partial charge in [0.25, 0.3) is 0 Å². The topological polar surface area (TPSA) is 46.5 Å². The highest BCUT2D eigenvalue weighted by molar-refractivity contribution is 6.10. The first-order valence-corrected chi connectivity index (χ1v) is 4.98. The second kappa shape index (κ2) is 4.70. The SMILES string of the molecule is [2H]C([2H])([2H])Oc1ccc(C(=O)c2ccccc2)c(O)c1. The molecule has 0 aliphatic heterocycles. The Balaban J connectivity index is 2.29. The van der Waals surface area contributed by atoms with Gasteiger partial charge in [0.2, 0.25) is 0 Å². The summed E-state index contributed by atoms with van der Waals surface area (Å²) >= 11 is 0. The minimum atomic E-state index is -2.60. The maximum atomic E-state index is 12.2. The Morgan fingerprint density at radius 3 is 2.65 bits per heavy atom. The maximum Gasteiger partial charge on any atom is 0.196 e. The first-order valence-electron chi connectivity index (χ1n) is 6.48. The fraction of sp³-hybridized carbons (Fsp3) is 0.0714. The molecule has 17 heavy (non-hydrogen) atoms. The third-order valence-electron chi connectivity index (χ3n) is 2.37. The van der Waals surface area contributed by atoms with Gasteiger partial charge in [-0.05, 0) is 12.1 Å². The van der Waals surface area contributed by atoms with Crippen LogP contribution in [0.3, 0.4) is 0 Å². The normalized spacial score (nSPS) is 13.3. The molecular weight excluding hydrogens is 216 g/mol. The van der Waals surface area contributed by atoms with Gasteiger partial charge in [-0.25, -0.2) is 0 Å². The number of hydrogen-bond donors (Lipinski definition) is 1. The van der Waals surface area contributed by atoms with Crippen molar-refractivity contribution in [1.82, 2.24) is 0 Å². The molecule has 0 fully saturated rings. The van der Waals surface area contributed by atoms with Gasteiger partial charge in [0.1, 0.15) is 11.5 Å². The second-order valence-electron chi connectivity index (χ2n) is 3.48. The first-order chi connectivity index (χ1) is 9.37. The van der Waals surface area contributed by atoms with Crippen molar-refractivity contribution in [3.05, 3.63) is 59.7 Å². The largest absolute Gasteiger partial charge is 0.507 e. The molecule has 0 unspecified atom stereocenters. The molecule has 2 rings (SSSR count). The van der Waals surface area contributed by atoms with E-state index in [1.54, 1.807) is 30.3 Å². The minimum absolute atomic E-state index is 0.0212. The number of carbonyl (C=O) groups excluding carboxylic acids is 1. The van der Waals surface area contributed by atoms with Crippen molar-refractivity contribution in [1.29, 1.82) is 0 Å². The molecule has 2 aromatic carbocycles. The zero-order valence-electron chi connectivity index (χ0n) is 11.9. The fourth-order valence-electron chi connectivity index (χ4n) is 1.51. The molecule has 0 aromatic heterocycles.